The fraction of sp³-hybridized carbons (Fsp3) is 0.333. The van der Waals surface area contributed by atoms with Crippen molar-refractivity contribution in [2.45, 2.75) is 6.10 Å². The van der Waals surface area contributed by atoms with Gasteiger partial charge < -0.3 is 24.4 Å². The van der Waals surface area contributed by atoms with Crippen molar-refractivity contribution in [3.8, 4) is 11.8 Å². The van der Waals surface area contributed by atoms with Crippen LogP contribution in [0.15, 0.2) is 36.4 Å². The van der Waals surface area contributed by atoms with Gasteiger partial charge in [-0.2, -0.15) is 9.97 Å². The second-order valence-electron chi connectivity index (χ2n) is 7.06. The van der Waals surface area contributed by atoms with Crippen LogP contribution in [-0.2, 0) is 4.74 Å². The van der Waals surface area contributed by atoms with Crippen molar-refractivity contribution in [3.63, 3.8) is 0 Å². The molecule has 1 fully saturated rings. The van der Waals surface area contributed by atoms with Gasteiger partial charge in [0, 0.05) is 30.2 Å². The van der Waals surface area contributed by atoms with Crippen LogP contribution in [0.4, 0.5) is 11.5 Å². The van der Waals surface area contributed by atoms with Crippen molar-refractivity contribution in [2.75, 3.05) is 45.8 Å². The summed E-state index contributed by atoms with van der Waals surface area (Å²) in [5.41, 5.74) is 1.45. The minimum atomic E-state index is 0.0475. The molecule has 0 amide bonds. The Hall–Kier alpha value is -2.32. The molecule has 7 nitrogen and oxygen atoms in total. The molecule has 2 heterocycles. The topological polar surface area (TPSA) is 68.7 Å². The molecule has 1 aliphatic rings. The Labute approximate surface area is 184 Å². The largest absolute Gasteiger partial charge is 0.491 e. The van der Waals surface area contributed by atoms with Crippen LogP contribution < -0.4 is 14.8 Å². The summed E-state index contributed by atoms with van der Waals surface area (Å²) in [5.74, 6) is 1.31. The summed E-state index contributed by atoms with van der Waals surface area (Å²) in [7, 11) is 3.61. The third-order valence-electron chi connectivity index (χ3n) is 4.79. The lowest BCUT2D eigenvalue weighted by Gasteiger charge is -2.29. The number of anilines is 2. The zero-order valence-electron chi connectivity index (χ0n) is 16.7. The van der Waals surface area contributed by atoms with Crippen molar-refractivity contribution in [1.82, 2.24) is 14.9 Å². The highest BCUT2D eigenvalue weighted by molar-refractivity contribution is 6.42. The molecule has 158 valence electrons. The monoisotopic (exact) mass is 448 g/mol. The Bertz CT molecular complexity index is 1050. The van der Waals surface area contributed by atoms with Crippen LogP contribution in [0.3, 0.4) is 0 Å². The number of aromatic nitrogens is 2. The molecule has 1 aromatic heterocycles. The average Bonchev–Trinajstić information content (AvgIpc) is 2.74. The lowest BCUT2D eigenvalue weighted by Crippen LogP contribution is -2.42. The molecule has 0 bridgehead atoms. The molecule has 1 N–H and O–H groups in total. The molecule has 0 aliphatic carbocycles. The Morgan fingerprint density at radius 1 is 1.17 bits per heavy atom. The Morgan fingerprint density at radius 2 is 2.03 bits per heavy atom. The van der Waals surface area contributed by atoms with Gasteiger partial charge in [-0.25, -0.2) is 0 Å². The first kappa shape index (κ1) is 20.9. The van der Waals surface area contributed by atoms with E-state index in [9.17, 15) is 0 Å². The van der Waals surface area contributed by atoms with Gasteiger partial charge in [-0.1, -0.05) is 23.2 Å². The molecule has 1 atom stereocenters. The fourth-order valence-electron chi connectivity index (χ4n) is 3.23. The first-order chi connectivity index (χ1) is 14.5. The van der Waals surface area contributed by atoms with Crippen LogP contribution >= 0.6 is 23.2 Å². The number of rotatable bonds is 6. The van der Waals surface area contributed by atoms with Crippen LogP contribution in [0.25, 0.3) is 10.9 Å². The van der Waals surface area contributed by atoms with Gasteiger partial charge >= 0.3 is 6.01 Å². The predicted octanol–water partition coefficient (Wildman–Crippen LogP) is 4.40. The number of hydrogen-bond acceptors (Lipinski definition) is 7. The van der Waals surface area contributed by atoms with Crippen LogP contribution in [0, 0.1) is 0 Å². The third-order valence-corrected chi connectivity index (χ3v) is 5.53. The average molecular weight is 449 g/mol. The number of methoxy groups -OCH3 is 1. The second kappa shape index (κ2) is 9.22. The van der Waals surface area contributed by atoms with Crippen LogP contribution in [0.5, 0.6) is 11.8 Å². The van der Waals surface area contributed by atoms with E-state index in [-0.39, 0.29) is 12.1 Å². The number of fused-ring (bicyclic) bond motifs is 1. The summed E-state index contributed by atoms with van der Waals surface area (Å²) in [5, 5.41) is 5.02. The van der Waals surface area contributed by atoms with Gasteiger partial charge in [-0.15, -0.1) is 0 Å². The van der Waals surface area contributed by atoms with Crippen molar-refractivity contribution in [1.29, 1.82) is 0 Å². The van der Waals surface area contributed by atoms with E-state index in [4.69, 9.17) is 37.4 Å². The molecule has 0 saturated carbocycles. The van der Waals surface area contributed by atoms with E-state index in [2.05, 4.69) is 27.2 Å². The predicted molar refractivity (Wildman–Crippen MR) is 119 cm³/mol. The van der Waals surface area contributed by atoms with E-state index < -0.39 is 0 Å². The number of ether oxygens (including phenoxy) is 3. The lowest BCUT2D eigenvalue weighted by atomic mass is 10.2. The zero-order valence-corrected chi connectivity index (χ0v) is 18.2. The van der Waals surface area contributed by atoms with Crippen molar-refractivity contribution in [2.24, 2.45) is 0 Å². The van der Waals surface area contributed by atoms with Gasteiger partial charge in [-0.3, -0.25) is 0 Å². The highest BCUT2D eigenvalue weighted by atomic mass is 35.5. The van der Waals surface area contributed by atoms with Gasteiger partial charge in [0.25, 0.3) is 0 Å². The van der Waals surface area contributed by atoms with E-state index in [1.165, 1.54) is 7.11 Å². The minimum absolute atomic E-state index is 0.0475. The van der Waals surface area contributed by atoms with Gasteiger partial charge in [0.1, 0.15) is 24.3 Å². The van der Waals surface area contributed by atoms with Crippen LogP contribution in [0.2, 0.25) is 10.0 Å². The Kier molecular flexibility index (Phi) is 6.43. The molecule has 0 spiro atoms. The molecule has 2 aromatic carbocycles. The van der Waals surface area contributed by atoms with E-state index in [1.807, 2.05) is 24.3 Å². The molecule has 1 aliphatic heterocycles. The summed E-state index contributed by atoms with van der Waals surface area (Å²) in [6.45, 7) is 2.99. The SMILES string of the molecule is COc1nc(Nc2ccc(Cl)c(Cl)c2)c2ccc(OCC3CN(C)CCO3)cc2n1. The molecular weight excluding hydrogens is 427 g/mol. The summed E-state index contributed by atoms with van der Waals surface area (Å²) in [6, 6.07) is 11.2. The normalized spacial score (nSPS) is 17.1. The summed E-state index contributed by atoms with van der Waals surface area (Å²) < 4.78 is 17.0. The molecule has 1 unspecified atom stereocenters. The number of hydrogen-bond donors (Lipinski definition) is 1. The highest BCUT2D eigenvalue weighted by Gasteiger charge is 2.18. The number of morpholine rings is 1. The third kappa shape index (κ3) is 4.87. The molecule has 30 heavy (non-hydrogen) atoms. The standard InChI is InChI=1S/C21H22Cl2N4O3/c1-27-7-8-29-15(11-27)12-30-14-4-5-16-19(10-14)25-21(28-2)26-20(16)24-13-3-6-17(22)18(23)9-13/h3-6,9-10,15H,7-8,11-12H2,1-2H3,(H,24,25,26). The van der Waals surface area contributed by atoms with Crippen molar-refractivity contribution >= 4 is 45.6 Å². The number of benzene rings is 2. The van der Waals surface area contributed by atoms with Gasteiger partial charge in [-0.05, 0) is 37.4 Å². The van der Waals surface area contributed by atoms with E-state index in [0.717, 1.165) is 30.8 Å². The molecule has 3 aromatic rings. The molecule has 0 radical (unpaired) electrons. The summed E-state index contributed by atoms with van der Waals surface area (Å²) in [4.78, 5) is 11.1. The van der Waals surface area contributed by atoms with Crippen LogP contribution in [-0.4, -0.2) is 61.4 Å². The first-order valence-corrected chi connectivity index (χ1v) is 10.3. The molecule has 9 heteroatoms. The maximum Gasteiger partial charge on any atom is 0.318 e. The maximum atomic E-state index is 6.13. The summed E-state index contributed by atoms with van der Waals surface area (Å²) in [6.07, 6.45) is 0.0475. The van der Waals surface area contributed by atoms with Gasteiger partial charge in [0.15, 0.2) is 0 Å². The van der Waals surface area contributed by atoms with E-state index in [0.29, 0.717) is 33.7 Å². The number of nitrogens with zero attached hydrogens (tertiary/aromatic N) is 3. The van der Waals surface area contributed by atoms with Crippen molar-refractivity contribution < 1.29 is 14.2 Å². The summed E-state index contributed by atoms with van der Waals surface area (Å²) >= 11 is 12.1. The Morgan fingerprint density at radius 3 is 2.80 bits per heavy atom. The first-order valence-electron chi connectivity index (χ1n) is 9.52. The smallest absolute Gasteiger partial charge is 0.318 e. The fourth-order valence-corrected chi connectivity index (χ4v) is 3.53. The number of likely N-dealkylation sites (N-methyl/N-ethyl adjacent to an activating group) is 1. The van der Waals surface area contributed by atoms with Gasteiger partial charge in [0.2, 0.25) is 0 Å². The quantitative estimate of drug-likeness (QED) is 0.598. The highest BCUT2D eigenvalue weighted by Crippen LogP contribution is 2.31. The molecule has 1 saturated heterocycles. The second-order valence-corrected chi connectivity index (χ2v) is 7.87. The Balaban J connectivity index is 1.57. The van der Waals surface area contributed by atoms with E-state index in [1.54, 1.807) is 12.1 Å². The van der Waals surface area contributed by atoms with Crippen molar-refractivity contribution in [3.05, 3.63) is 46.4 Å². The molecular formula is C21H22Cl2N4O3. The minimum Gasteiger partial charge on any atom is -0.491 e. The maximum absolute atomic E-state index is 6.13. The lowest BCUT2D eigenvalue weighted by molar-refractivity contribution is -0.0403. The van der Waals surface area contributed by atoms with Crippen LogP contribution in [0.1, 0.15) is 0 Å². The zero-order chi connectivity index (χ0) is 21.1. The van der Waals surface area contributed by atoms with E-state index >= 15 is 0 Å². The number of halogens is 2. The molecule has 4 rings (SSSR count). The van der Waals surface area contributed by atoms with Gasteiger partial charge in [0.05, 0.1) is 29.3 Å². The number of nitrogens with one attached hydrogen (secondary N) is 1.